The average molecular weight is 587 g/mol. The summed E-state index contributed by atoms with van der Waals surface area (Å²) >= 11 is 0. The van der Waals surface area contributed by atoms with E-state index in [4.69, 9.17) is 5.73 Å². The molecule has 0 amide bonds. The van der Waals surface area contributed by atoms with E-state index >= 15 is 0 Å². The SMILES string of the molecule is Nc1cccc2c1[nH]c1c(-c3ccc4c(c3)C3c5ccccc5C4c4ccccc43)cccc1c1ccccc1c1ccccc21. The van der Waals surface area contributed by atoms with Crippen molar-refractivity contribution in [3.8, 4) is 11.1 Å². The topological polar surface area (TPSA) is 41.8 Å². The number of nitrogen functional groups attached to an aromatic ring is 1. The van der Waals surface area contributed by atoms with Gasteiger partial charge in [0, 0.05) is 28.2 Å². The predicted molar refractivity (Wildman–Crippen MR) is 193 cm³/mol. The number of benzene rings is 7. The third-order valence-corrected chi connectivity index (χ3v) is 10.4. The molecule has 2 nitrogen and oxygen atoms in total. The van der Waals surface area contributed by atoms with Crippen LogP contribution in [0.1, 0.15) is 45.2 Å². The van der Waals surface area contributed by atoms with Crippen molar-refractivity contribution < 1.29 is 0 Å². The highest BCUT2D eigenvalue weighted by Gasteiger charge is 2.40. The standard InChI is InChI=1S/C44H30N2/c45-40-22-10-21-38-31-14-4-2-12-29(31)28-11-1-3-13-30(28)37-20-9-19-27(43(37)46-44(38)40)26-23-24-36-39(25-26)42-34-17-7-5-15-32(34)41(36)33-16-6-8-18-35(33)42/h1-25,41-42,46H,45H2. The fraction of sp³-hybridized carbons (Fsp3) is 0.0455. The summed E-state index contributed by atoms with van der Waals surface area (Å²) in [6.07, 6.45) is 0. The van der Waals surface area contributed by atoms with Gasteiger partial charge in [0.1, 0.15) is 0 Å². The zero-order chi connectivity index (χ0) is 30.4. The van der Waals surface area contributed by atoms with Gasteiger partial charge < -0.3 is 10.7 Å². The van der Waals surface area contributed by atoms with E-state index in [2.05, 4.69) is 151 Å². The van der Waals surface area contributed by atoms with E-state index in [0.29, 0.717) is 0 Å². The highest BCUT2D eigenvalue weighted by atomic mass is 14.7. The molecule has 0 radical (unpaired) electrons. The molecule has 46 heavy (non-hydrogen) atoms. The van der Waals surface area contributed by atoms with Crippen LogP contribution in [0, 0.1) is 0 Å². The van der Waals surface area contributed by atoms with Gasteiger partial charge >= 0.3 is 0 Å². The van der Waals surface area contributed by atoms with E-state index in [1.165, 1.54) is 66.1 Å². The Morgan fingerprint density at radius 2 is 0.804 bits per heavy atom. The maximum atomic E-state index is 6.78. The minimum absolute atomic E-state index is 0.223. The third-order valence-electron chi connectivity index (χ3n) is 10.4. The van der Waals surface area contributed by atoms with E-state index in [0.717, 1.165) is 27.5 Å². The van der Waals surface area contributed by atoms with Crippen molar-refractivity contribution >= 4 is 49.0 Å². The van der Waals surface area contributed by atoms with Crippen LogP contribution in [-0.2, 0) is 0 Å². The summed E-state index contributed by atoms with van der Waals surface area (Å²) in [4.78, 5) is 3.92. The molecule has 2 bridgehead atoms. The summed E-state index contributed by atoms with van der Waals surface area (Å²) in [5, 5.41) is 7.04. The first-order chi connectivity index (χ1) is 22.8. The number of rotatable bonds is 1. The molecule has 0 atom stereocenters. The molecular weight excluding hydrogens is 556 g/mol. The number of nitrogens with two attached hydrogens (primary N) is 1. The Balaban J connectivity index is 1.32. The molecular formula is C44H30N2. The maximum Gasteiger partial charge on any atom is 0.0698 e. The highest BCUT2D eigenvalue weighted by molar-refractivity contribution is 6.21. The van der Waals surface area contributed by atoms with Gasteiger partial charge in [-0.05, 0) is 72.6 Å². The molecule has 0 aliphatic heterocycles. The normalized spacial score (nSPS) is 15.9. The molecule has 3 aliphatic carbocycles. The monoisotopic (exact) mass is 586 g/mol. The number of aromatic amines is 1. The molecule has 0 fully saturated rings. The number of para-hydroxylation sites is 2. The van der Waals surface area contributed by atoms with Crippen molar-refractivity contribution in [3.05, 3.63) is 185 Å². The van der Waals surface area contributed by atoms with Gasteiger partial charge in [0.25, 0.3) is 0 Å². The zero-order valence-corrected chi connectivity index (χ0v) is 25.2. The Hall–Kier alpha value is -5.86. The van der Waals surface area contributed by atoms with Crippen molar-refractivity contribution in [3.63, 3.8) is 0 Å². The molecule has 0 spiro atoms. The highest BCUT2D eigenvalue weighted by Crippen LogP contribution is 2.56. The Labute approximate surface area is 267 Å². The van der Waals surface area contributed by atoms with Gasteiger partial charge in [0.05, 0.1) is 16.7 Å². The second-order valence-electron chi connectivity index (χ2n) is 12.7. The smallest absolute Gasteiger partial charge is 0.0698 e. The van der Waals surface area contributed by atoms with Crippen LogP contribution in [0.2, 0.25) is 0 Å². The summed E-state index contributed by atoms with van der Waals surface area (Å²) in [7, 11) is 0. The van der Waals surface area contributed by atoms with Crippen LogP contribution in [-0.4, -0.2) is 4.98 Å². The molecule has 216 valence electrons. The summed E-state index contributed by atoms with van der Waals surface area (Å²) in [5.41, 5.74) is 20.5. The second kappa shape index (κ2) is 9.57. The van der Waals surface area contributed by atoms with Gasteiger partial charge in [-0.1, -0.05) is 140 Å². The van der Waals surface area contributed by atoms with Crippen LogP contribution in [0.25, 0.3) is 54.5 Å². The first-order valence-electron chi connectivity index (χ1n) is 16.1. The zero-order valence-electron chi connectivity index (χ0n) is 25.2. The Kier molecular flexibility index (Phi) is 5.30. The van der Waals surface area contributed by atoms with Crippen LogP contribution in [0.4, 0.5) is 5.69 Å². The second-order valence-corrected chi connectivity index (χ2v) is 12.7. The number of hydrogen-bond donors (Lipinski definition) is 2. The van der Waals surface area contributed by atoms with E-state index in [1.807, 2.05) is 6.07 Å². The minimum atomic E-state index is 0.223. The number of H-pyrrole nitrogens is 1. The van der Waals surface area contributed by atoms with Crippen LogP contribution in [0.3, 0.4) is 0 Å². The van der Waals surface area contributed by atoms with E-state index in [-0.39, 0.29) is 11.8 Å². The minimum Gasteiger partial charge on any atom is -0.397 e. The lowest BCUT2D eigenvalue weighted by atomic mass is 9.61. The van der Waals surface area contributed by atoms with Crippen LogP contribution < -0.4 is 5.73 Å². The van der Waals surface area contributed by atoms with Crippen molar-refractivity contribution in [1.82, 2.24) is 4.98 Å². The van der Waals surface area contributed by atoms with Gasteiger partial charge in [-0.3, -0.25) is 0 Å². The molecule has 8 aromatic rings. The van der Waals surface area contributed by atoms with Crippen LogP contribution in [0.5, 0.6) is 0 Å². The number of anilines is 1. The van der Waals surface area contributed by atoms with Crippen molar-refractivity contribution in [2.24, 2.45) is 0 Å². The maximum absolute atomic E-state index is 6.78. The molecule has 0 saturated carbocycles. The van der Waals surface area contributed by atoms with Gasteiger partial charge in [0.15, 0.2) is 0 Å². The molecule has 0 unspecified atom stereocenters. The number of hydrogen-bond acceptors (Lipinski definition) is 1. The van der Waals surface area contributed by atoms with Gasteiger partial charge in [-0.25, -0.2) is 0 Å². The summed E-state index contributed by atoms with van der Waals surface area (Å²) in [6.45, 7) is 0. The molecule has 3 N–H and O–H groups in total. The number of fused-ring (bicyclic) bond motifs is 7. The molecule has 0 saturated heterocycles. The van der Waals surface area contributed by atoms with Crippen LogP contribution >= 0.6 is 0 Å². The Bertz CT molecular complexity index is 2580. The number of nitrogens with one attached hydrogen (secondary N) is 1. The summed E-state index contributed by atoms with van der Waals surface area (Å²) < 4.78 is 0. The lowest BCUT2D eigenvalue weighted by molar-refractivity contribution is 0.755. The van der Waals surface area contributed by atoms with Crippen molar-refractivity contribution in [2.75, 3.05) is 5.73 Å². The molecule has 3 aliphatic rings. The van der Waals surface area contributed by atoms with Crippen LogP contribution in [0.15, 0.2) is 152 Å². The molecule has 1 heterocycles. The Morgan fingerprint density at radius 1 is 0.370 bits per heavy atom. The van der Waals surface area contributed by atoms with E-state index < -0.39 is 0 Å². The quantitative estimate of drug-likeness (QED) is 0.185. The van der Waals surface area contributed by atoms with Crippen molar-refractivity contribution in [1.29, 1.82) is 0 Å². The van der Waals surface area contributed by atoms with E-state index in [1.54, 1.807) is 0 Å². The Morgan fingerprint density at radius 3 is 1.39 bits per heavy atom. The average Bonchev–Trinajstić information content (AvgIpc) is 3.17. The predicted octanol–water partition coefficient (Wildman–Crippen LogP) is 11.0. The van der Waals surface area contributed by atoms with Crippen molar-refractivity contribution in [2.45, 2.75) is 11.8 Å². The first-order valence-corrected chi connectivity index (χ1v) is 16.1. The summed E-state index contributed by atoms with van der Waals surface area (Å²) in [6, 6.07) is 55.6. The lowest BCUT2D eigenvalue weighted by Gasteiger charge is -2.42. The molecule has 11 rings (SSSR count). The fourth-order valence-electron chi connectivity index (χ4n) is 8.45. The van der Waals surface area contributed by atoms with Gasteiger partial charge in [0.2, 0.25) is 0 Å². The van der Waals surface area contributed by atoms with Gasteiger partial charge in [-0.15, -0.1) is 0 Å². The van der Waals surface area contributed by atoms with E-state index in [9.17, 15) is 0 Å². The molecule has 1 aromatic heterocycles. The van der Waals surface area contributed by atoms with Gasteiger partial charge in [-0.2, -0.15) is 0 Å². The largest absolute Gasteiger partial charge is 0.397 e. The molecule has 7 aromatic carbocycles. The fourth-order valence-corrected chi connectivity index (χ4v) is 8.45. The molecule has 2 heteroatoms. The third kappa shape index (κ3) is 3.47. The summed E-state index contributed by atoms with van der Waals surface area (Å²) in [5.74, 6) is 0.483. The number of aromatic nitrogens is 1. The lowest BCUT2D eigenvalue weighted by Crippen LogP contribution is -2.27. The first kappa shape index (κ1) is 25.5.